The first-order valence-electron chi connectivity index (χ1n) is 13.3. The predicted molar refractivity (Wildman–Crippen MR) is 151 cm³/mol. The summed E-state index contributed by atoms with van der Waals surface area (Å²) in [7, 11) is -2.20. The van der Waals surface area contributed by atoms with Crippen LogP contribution in [-0.4, -0.2) is 57.1 Å². The van der Waals surface area contributed by atoms with Crippen molar-refractivity contribution >= 4 is 27.5 Å². The van der Waals surface area contributed by atoms with Gasteiger partial charge in [-0.15, -0.1) is 0 Å². The van der Waals surface area contributed by atoms with Gasteiger partial charge in [0.1, 0.15) is 18.3 Å². The van der Waals surface area contributed by atoms with E-state index in [4.69, 9.17) is 4.74 Å². The Morgan fingerprint density at radius 1 is 1.08 bits per heavy atom. The van der Waals surface area contributed by atoms with E-state index in [1.54, 1.807) is 13.2 Å². The van der Waals surface area contributed by atoms with Crippen molar-refractivity contribution in [1.82, 2.24) is 10.2 Å². The summed E-state index contributed by atoms with van der Waals surface area (Å²) >= 11 is 0. The summed E-state index contributed by atoms with van der Waals surface area (Å²) in [4.78, 5) is 28.9. The molecule has 0 saturated heterocycles. The van der Waals surface area contributed by atoms with Crippen LogP contribution in [0.1, 0.15) is 62.1 Å². The van der Waals surface area contributed by atoms with Crippen molar-refractivity contribution in [2.45, 2.75) is 77.9 Å². The molecule has 0 heterocycles. The standard InChI is InChI=1S/C29H41N3O5S/c1-6-26(29(34)30-24-12-8-7-9-13-24)31(19-23-11-10-14-25(18-23)37-4)28(33)20-32(38(5,35)36)27-16-15-21(2)17-22(27)3/h10-11,14-18,24,26H,6-9,12-13,19-20H2,1-5H3,(H,30,34). The van der Waals surface area contributed by atoms with Crippen LogP contribution in [0.3, 0.4) is 0 Å². The van der Waals surface area contributed by atoms with Gasteiger partial charge in [-0.1, -0.05) is 56.0 Å². The van der Waals surface area contributed by atoms with Gasteiger partial charge >= 0.3 is 0 Å². The lowest BCUT2D eigenvalue weighted by Gasteiger charge is -2.34. The van der Waals surface area contributed by atoms with Gasteiger partial charge in [0, 0.05) is 12.6 Å². The summed E-state index contributed by atoms with van der Waals surface area (Å²) in [6, 6.07) is 12.1. The molecule has 1 aliphatic carbocycles. The van der Waals surface area contributed by atoms with Crippen molar-refractivity contribution in [3.05, 3.63) is 59.2 Å². The third-order valence-corrected chi connectivity index (χ3v) is 8.25. The van der Waals surface area contributed by atoms with Crippen LogP contribution in [0.5, 0.6) is 5.75 Å². The highest BCUT2D eigenvalue weighted by molar-refractivity contribution is 7.92. The summed E-state index contributed by atoms with van der Waals surface area (Å²) in [6.07, 6.45) is 6.68. The van der Waals surface area contributed by atoms with Gasteiger partial charge in [0.25, 0.3) is 0 Å². The highest BCUT2D eigenvalue weighted by Crippen LogP contribution is 2.25. The van der Waals surface area contributed by atoms with E-state index in [-0.39, 0.29) is 18.5 Å². The Morgan fingerprint density at radius 2 is 1.79 bits per heavy atom. The summed E-state index contributed by atoms with van der Waals surface area (Å²) in [5, 5.41) is 3.15. The van der Waals surface area contributed by atoms with E-state index in [2.05, 4.69) is 5.32 Å². The summed E-state index contributed by atoms with van der Waals surface area (Å²) in [5.74, 6) is -0.000389. The molecule has 1 N–H and O–H groups in total. The quantitative estimate of drug-likeness (QED) is 0.455. The van der Waals surface area contributed by atoms with Crippen LogP contribution in [0.2, 0.25) is 0 Å². The largest absolute Gasteiger partial charge is 0.497 e. The van der Waals surface area contributed by atoms with Gasteiger partial charge in [0.05, 0.1) is 19.1 Å². The molecule has 1 saturated carbocycles. The molecule has 0 aliphatic heterocycles. The smallest absolute Gasteiger partial charge is 0.244 e. The molecule has 0 radical (unpaired) electrons. The highest BCUT2D eigenvalue weighted by atomic mass is 32.2. The Kier molecular flexibility index (Phi) is 10.2. The van der Waals surface area contributed by atoms with Crippen LogP contribution in [0.15, 0.2) is 42.5 Å². The predicted octanol–water partition coefficient (Wildman–Crippen LogP) is 4.33. The number of aryl methyl sites for hydroxylation is 2. The molecule has 208 valence electrons. The fourth-order valence-corrected chi connectivity index (χ4v) is 6.02. The van der Waals surface area contributed by atoms with Gasteiger partial charge in [0.2, 0.25) is 21.8 Å². The van der Waals surface area contributed by atoms with Gasteiger partial charge in [-0.2, -0.15) is 0 Å². The number of nitrogens with zero attached hydrogens (tertiary/aromatic N) is 2. The maximum atomic E-state index is 13.9. The number of hydrogen-bond donors (Lipinski definition) is 1. The monoisotopic (exact) mass is 543 g/mol. The number of nitrogens with one attached hydrogen (secondary N) is 1. The molecule has 1 aliphatic rings. The van der Waals surface area contributed by atoms with Crippen molar-refractivity contribution in [2.24, 2.45) is 0 Å². The van der Waals surface area contributed by atoms with Crippen molar-refractivity contribution in [2.75, 3.05) is 24.2 Å². The van der Waals surface area contributed by atoms with E-state index in [1.807, 2.05) is 57.2 Å². The molecule has 8 nitrogen and oxygen atoms in total. The first-order valence-corrected chi connectivity index (χ1v) is 15.2. The molecule has 0 aromatic heterocycles. The van der Waals surface area contributed by atoms with Gasteiger partial charge in [-0.05, 0) is 62.4 Å². The zero-order valence-corrected chi connectivity index (χ0v) is 24.0. The van der Waals surface area contributed by atoms with Crippen LogP contribution in [0, 0.1) is 13.8 Å². The van der Waals surface area contributed by atoms with Crippen molar-refractivity contribution < 1.29 is 22.7 Å². The van der Waals surface area contributed by atoms with Crippen molar-refractivity contribution in [3.8, 4) is 5.75 Å². The van der Waals surface area contributed by atoms with Crippen LogP contribution in [-0.2, 0) is 26.2 Å². The molecular weight excluding hydrogens is 502 g/mol. The fraction of sp³-hybridized carbons (Fsp3) is 0.517. The third-order valence-electron chi connectivity index (χ3n) is 7.12. The van der Waals surface area contributed by atoms with Gasteiger partial charge in [-0.25, -0.2) is 8.42 Å². The maximum Gasteiger partial charge on any atom is 0.244 e. The lowest BCUT2D eigenvalue weighted by atomic mass is 9.95. The Balaban J connectivity index is 1.95. The average Bonchev–Trinajstić information content (AvgIpc) is 2.87. The summed E-state index contributed by atoms with van der Waals surface area (Å²) in [6.45, 7) is 5.37. The average molecular weight is 544 g/mol. The summed E-state index contributed by atoms with van der Waals surface area (Å²) < 4.78 is 32.2. The van der Waals surface area contributed by atoms with E-state index in [0.29, 0.717) is 17.9 Å². The molecule has 0 spiro atoms. The number of amides is 2. The van der Waals surface area contributed by atoms with Crippen molar-refractivity contribution in [3.63, 3.8) is 0 Å². The zero-order chi connectivity index (χ0) is 27.9. The molecule has 2 amide bonds. The molecule has 2 aromatic rings. The zero-order valence-electron chi connectivity index (χ0n) is 23.2. The van der Waals surface area contributed by atoms with E-state index >= 15 is 0 Å². The molecule has 9 heteroatoms. The lowest BCUT2D eigenvalue weighted by Crippen LogP contribution is -2.54. The number of carbonyl (C=O) groups excluding carboxylic acids is 2. The minimum Gasteiger partial charge on any atom is -0.497 e. The van der Waals surface area contributed by atoms with Gasteiger partial charge in [0.15, 0.2) is 0 Å². The number of hydrogen-bond acceptors (Lipinski definition) is 5. The minimum absolute atomic E-state index is 0.0989. The number of sulfonamides is 1. The maximum absolute atomic E-state index is 13.9. The van der Waals surface area contributed by atoms with Crippen LogP contribution in [0.4, 0.5) is 5.69 Å². The number of benzene rings is 2. The Bertz CT molecular complexity index is 1220. The highest BCUT2D eigenvalue weighted by Gasteiger charge is 2.33. The first-order chi connectivity index (χ1) is 18.0. The second-order valence-electron chi connectivity index (χ2n) is 10.2. The molecule has 1 fully saturated rings. The minimum atomic E-state index is -3.78. The third kappa shape index (κ3) is 7.72. The number of rotatable bonds is 11. The molecule has 0 bridgehead atoms. The second kappa shape index (κ2) is 13.1. The van der Waals surface area contributed by atoms with Gasteiger partial charge < -0.3 is 15.0 Å². The van der Waals surface area contributed by atoms with Crippen LogP contribution in [0.25, 0.3) is 0 Å². The number of carbonyl (C=O) groups is 2. The number of anilines is 1. The molecule has 3 rings (SSSR count). The number of methoxy groups -OCH3 is 1. The van der Waals surface area contributed by atoms with E-state index in [9.17, 15) is 18.0 Å². The molecule has 1 atom stereocenters. The van der Waals surface area contributed by atoms with E-state index < -0.39 is 28.5 Å². The van der Waals surface area contributed by atoms with Crippen LogP contribution >= 0.6 is 0 Å². The van der Waals surface area contributed by atoms with Gasteiger partial charge in [-0.3, -0.25) is 13.9 Å². The second-order valence-corrected chi connectivity index (χ2v) is 12.1. The summed E-state index contributed by atoms with van der Waals surface area (Å²) in [5.41, 5.74) is 2.99. The first kappa shape index (κ1) is 29.5. The number of ether oxygens (including phenoxy) is 1. The van der Waals surface area contributed by atoms with E-state index in [1.165, 1.54) is 11.3 Å². The molecule has 38 heavy (non-hydrogen) atoms. The SMILES string of the molecule is CCC(C(=O)NC1CCCCC1)N(Cc1cccc(OC)c1)C(=O)CN(c1ccc(C)cc1C)S(C)(=O)=O. The fourth-order valence-electron chi connectivity index (χ4n) is 5.11. The molecule has 1 unspecified atom stereocenters. The molecular formula is C29H41N3O5S. The lowest BCUT2D eigenvalue weighted by molar-refractivity contribution is -0.140. The topological polar surface area (TPSA) is 96.0 Å². The van der Waals surface area contributed by atoms with Crippen LogP contribution < -0.4 is 14.4 Å². The Morgan fingerprint density at radius 3 is 2.39 bits per heavy atom. The van der Waals surface area contributed by atoms with Crippen molar-refractivity contribution in [1.29, 1.82) is 0 Å². The molecule has 2 aromatic carbocycles. The Labute approximate surface area is 227 Å². The van der Waals surface area contributed by atoms with E-state index in [0.717, 1.165) is 52.9 Å². The normalized spacial score (nSPS) is 15.0. The Hall–Kier alpha value is -3.07.